The molecule has 168 valence electrons. The van der Waals surface area contributed by atoms with Crippen molar-refractivity contribution < 1.29 is 19.4 Å². The summed E-state index contributed by atoms with van der Waals surface area (Å²) in [6.45, 7) is 6.61. The number of aliphatic hydroxyl groups is 1. The molecule has 2 fully saturated rings. The molecule has 3 aliphatic rings. The molecule has 3 heterocycles. The maximum absolute atomic E-state index is 13.2. The smallest absolute Gasteiger partial charge is 0.281 e. The molecule has 1 aromatic heterocycles. The number of hydrogen-bond acceptors (Lipinski definition) is 8. The molecule has 1 saturated heterocycles. The summed E-state index contributed by atoms with van der Waals surface area (Å²) in [6.07, 6.45) is 3.14. The molecule has 1 aliphatic carbocycles. The maximum Gasteiger partial charge on any atom is 0.281 e. The third-order valence-corrected chi connectivity index (χ3v) is 5.40. The van der Waals surface area contributed by atoms with Gasteiger partial charge in [0, 0.05) is 31.3 Å². The fourth-order valence-electron chi connectivity index (χ4n) is 3.85. The van der Waals surface area contributed by atoms with Crippen molar-refractivity contribution in [3.05, 3.63) is 29.8 Å². The van der Waals surface area contributed by atoms with Gasteiger partial charge in [-0.25, -0.2) is 15.4 Å². The van der Waals surface area contributed by atoms with Crippen molar-refractivity contribution in [2.45, 2.75) is 58.4 Å². The van der Waals surface area contributed by atoms with E-state index in [1.54, 1.807) is 30.3 Å². The highest BCUT2D eigenvalue weighted by atomic mass is 16.5. The van der Waals surface area contributed by atoms with Crippen LogP contribution in [0.2, 0.25) is 0 Å². The summed E-state index contributed by atoms with van der Waals surface area (Å²) in [7, 11) is 1.58. The summed E-state index contributed by atoms with van der Waals surface area (Å²) in [5.41, 5.74) is 2.75. The summed E-state index contributed by atoms with van der Waals surface area (Å²) >= 11 is 0. The van der Waals surface area contributed by atoms with E-state index in [1.165, 1.54) is 5.01 Å². The average Bonchev–Trinajstić information content (AvgIpc) is 3.41. The lowest BCUT2D eigenvalue weighted by molar-refractivity contribution is -0.142. The van der Waals surface area contributed by atoms with Gasteiger partial charge in [-0.15, -0.1) is 0 Å². The van der Waals surface area contributed by atoms with Gasteiger partial charge >= 0.3 is 0 Å². The van der Waals surface area contributed by atoms with Gasteiger partial charge in [0.05, 0.1) is 13.3 Å². The molecule has 31 heavy (non-hydrogen) atoms. The van der Waals surface area contributed by atoms with Crippen LogP contribution in [0.1, 0.15) is 40.0 Å². The molecule has 0 radical (unpaired) electrons. The predicted molar refractivity (Wildman–Crippen MR) is 114 cm³/mol. The Hall–Kier alpha value is -3.01. The Bertz CT molecular complexity index is 907. The van der Waals surface area contributed by atoms with Crippen LogP contribution in [0, 0.1) is 5.41 Å². The number of rotatable bonds is 6. The number of pyridine rings is 1. The predicted octanol–water partition coefficient (Wildman–Crippen LogP) is 1.30. The Balaban J connectivity index is 1.58. The molecule has 2 atom stereocenters. The van der Waals surface area contributed by atoms with Gasteiger partial charge in [-0.05, 0) is 24.3 Å². The second kappa shape index (κ2) is 7.92. The summed E-state index contributed by atoms with van der Waals surface area (Å²) < 4.78 is 5.24. The molecular formula is C21H30N6O4. The lowest BCUT2D eigenvalue weighted by Gasteiger charge is -2.42. The number of carbonyl (C=O) groups is 2. The second-order valence-corrected chi connectivity index (χ2v) is 9.43. The van der Waals surface area contributed by atoms with E-state index in [0.717, 1.165) is 12.8 Å². The fraction of sp³-hybridized carbons (Fsp3) is 0.571. The van der Waals surface area contributed by atoms with Gasteiger partial charge in [-0.3, -0.25) is 9.59 Å². The molecule has 10 heteroatoms. The molecule has 0 aromatic carbocycles. The van der Waals surface area contributed by atoms with E-state index in [-0.39, 0.29) is 29.1 Å². The van der Waals surface area contributed by atoms with E-state index in [9.17, 15) is 14.7 Å². The summed E-state index contributed by atoms with van der Waals surface area (Å²) in [5.74, 6) is -0.0718. The summed E-state index contributed by atoms with van der Waals surface area (Å²) in [4.78, 5) is 31.9. The molecular weight excluding hydrogens is 400 g/mol. The number of aliphatic hydroxyl groups excluding tert-OH is 1. The van der Waals surface area contributed by atoms with Gasteiger partial charge in [0.1, 0.15) is 17.7 Å². The second-order valence-electron chi connectivity index (χ2n) is 9.43. The number of nitrogens with one attached hydrogen (secondary N) is 3. The van der Waals surface area contributed by atoms with Crippen molar-refractivity contribution in [2.75, 3.05) is 19.0 Å². The van der Waals surface area contributed by atoms with Crippen molar-refractivity contribution in [3.63, 3.8) is 0 Å². The van der Waals surface area contributed by atoms with Crippen LogP contribution < -0.4 is 20.8 Å². The Kier molecular flexibility index (Phi) is 5.42. The maximum atomic E-state index is 13.2. The topological polar surface area (TPSA) is 119 Å². The standard InChI is InChI=1S/C21H30N6O4/c1-21(2,3)11-26-16-10-15(24-14-9-13(31-4)7-8-22-14)25-27(16)20(30)17(19(26)29)18(28)23-12-5-6-12/h7-9,12,15-16,25,29H,5-6,10-11H2,1-4H3,(H,22,24)(H,23,28). The largest absolute Gasteiger partial charge is 0.497 e. The zero-order valence-corrected chi connectivity index (χ0v) is 18.3. The Labute approximate surface area is 181 Å². The average molecular weight is 431 g/mol. The molecule has 2 amide bonds. The molecule has 1 aromatic rings. The zero-order chi connectivity index (χ0) is 22.3. The van der Waals surface area contributed by atoms with Crippen LogP contribution in [0.3, 0.4) is 0 Å². The Morgan fingerprint density at radius 3 is 2.77 bits per heavy atom. The highest BCUT2D eigenvalue weighted by Gasteiger charge is 2.49. The van der Waals surface area contributed by atoms with Gasteiger partial charge in [-0.1, -0.05) is 20.8 Å². The number of hydrogen-bond donors (Lipinski definition) is 4. The fourth-order valence-corrected chi connectivity index (χ4v) is 3.85. The van der Waals surface area contributed by atoms with E-state index in [2.05, 4.69) is 21.0 Å². The van der Waals surface area contributed by atoms with Crippen molar-refractivity contribution in [2.24, 2.45) is 5.41 Å². The van der Waals surface area contributed by atoms with Crippen molar-refractivity contribution in [1.29, 1.82) is 0 Å². The number of nitrogens with zero attached hydrogens (tertiary/aromatic N) is 3. The third-order valence-electron chi connectivity index (χ3n) is 5.40. The number of fused-ring (bicyclic) bond motifs is 1. The number of hydrazine groups is 1. The van der Waals surface area contributed by atoms with E-state index in [0.29, 0.717) is 24.5 Å². The van der Waals surface area contributed by atoms with E-state index < -0.39 is 18.0 Å². The lowest BCUT2D eigenvalue weighted by atomic mass is 9.95. The molecule has 2 unspecified atom stereocenters. The number of methoxy groups -OCH3 is 1. The first-order valence-corrected chi connectivity index (χ1v) is 10.5. The molecule has 2 aliphatic heterocycles. The number of anilines is 1. The third kappa shape index (κ3) is 4.53. The van der Waals surface area contributed by atoms with Crippen LogP contribution in [0.25, 0.3) is 0 Å². The number of carbonyl (C=O) groups excluding carboxylic acids is 2. The number of aromatic nitrogens is 1. The van der Waals surface area contributed by atoms with Crippen LogP contribution in [0.15, 0.2) is 29.8 Å². The van der Waals surface area contributed by atoms with Gasteiger partial charge in [0.15, 0.2) is 5.57 Å². The van der Waals surface area contributed by atoms with Gasteiger partial charge in [0.2, 0.25) is 5.88 Å². The lowest BCUT2D eigenvalue weighted by Crippen LogP contribution is -2.58. The normalized spacial score (nSPS) is 23.7. The van der Waals surface area contributed by atoms with Gasteiger partial charge in [-0.2, -0.15) is 0 Å². The van der Waals surface area contributed by atoms with Gasteiger partial charge in [0.25, 0.3) is 11.8 Å². The molecule has 0 bridgehead atoms. The van der Waals surface area contributed by atoms with Crippen molar-refractivity contribution in [1.82, 2.24) is 25.6 Å². The molecule has 1 saturated carbocycles. The van der Waals surface area contributed by atoms with E-state index >= 15 is 0 Å². The Morgan fingerprint density at radius 1 is 1.39 bits per heavy atom. The highest BCUT2D eigenvalue weighted by molar-refractivity contribution is 6.19. The monoisotopic (exact) mass is 430 g/mol. The molecule has 4 N–H and O–H groups in total. The first-order valence-electron chi connectivity index (χ1n) is 10.5. The first-order chi connectivity index (χ1) is 14.7. The minimum Gasteiger partial charge on any atom is -0.497 e. The minimum atomic E-state index is -0.534. The molecule has 4 rings (SSSR count). The van der Waals surface area contributed by atoms with Crippen LogP contribution in [-0.4, -0.2) is 63.8 Å². The number of ether oxygens (including phenoxy) is 1. The van der Waals surface area contributed by atoms with Crippen molar-refractivity contribution in [3.8, 4) is 5.75 Å². The first kappa shape index (κ1) is 21.2. The number of amides is 2. The van der Waals surface area contributed by atoms with Gasteiger partial charge < -0.3 is 25.4 Å². The van der Waals surface area contributed by atoms with Crippen LogP contribution in [0.5, 0.6) is 5.75 Å². The van der Waals surface area contributed by atoms with Crippen LogP contribution in [-0.2, 0) is 9.59 Å². The van der Waals surface area contributed by atoms with Crippen LogP contribution in [0.4, 0.5) is 5.82 Å². The minimum absolute atomic E-state index is 0.0782. The quantitative estimate of drug-likeness (QED) is 0.499. The summed E-state index contributed by atoms with van der Waals surface area (Å²) in [6, 6.07) is 3.59. The highest BCUT2D eigenvalue weighted by Crippen LogP contribution is 2.33. The van der Waals surface area contributed by atoms with Crippen LogP contribution >= 0.6 is 0 Å². The summed E-state index contributed by atoms with van der Waals surface area (Å²) in [5, 5.41) is 18.5. The van der Waals surface area contributed by atoms with E-state index in [4.69, 9.17) is 4.74 Å². The van der Waals surface area contributed by atoms with E-state index in [1.807, 2.05) is 20.8 Å². The SMILES string of the molecule is COc1ccnc(NC2CC3N(CC(C)(C)C)C(O)=C(C(=O)NC4CC4)C(=O)N3N2)c1. The zero-order valence-electron chi connectivity index (χ0n) is 18.3. The molecule has 0 spiro atoms. The Morgan fingerprint density at radius 2 is 2.13 bits per heavy atom. The van der Waals surface area contributed by atoms with Crippen molar-refractivity contribution >= 4 is 17.6 Å². The molecule has 10 nitrogen and oxygen atoms in total.